The number of aromatic nitrogens is 5. The Balaban J connectivity index is 1.44. The second-order valence-corrected chi connectivity index (χ2v) is 9.05. The molecule has 3 aromatic heterocycles. The first kappa shape index (κ1) is 22.1. The van der Waals surface area contributed by atoms with E-state index in [1.807, 2.05) is 23.0 Å². The van der Waals surface area contributed by atoms with Gasteiger partial charge in [-0.15, -0.1) is 0 Å². The number of hydrogen-bond acceptors (Lipinski definition) is 4. The lowest BCUT2D eigenvalue weighted by atomic mass is 10.0. The molecule has 0 saturated heterocycles. The molecule has 6 rings (SSSR count). The minimum absolute atomic E-state index is 0.375. The van der Waals surface area contributed by atoms with Crippen molar-refractivity contribution < 1.29 is 13.6 Å². The third-order valence-corrected chi connectivity index (χ3v) is 6.39. The maximum absolute atomic E-state index is 13.7. The second-order valence-electron chi connectivity index (χ2n) is 9.05. The van der Waals surface area contributed by atoms with Crippen molar-refractivity contribution in [3.8, 4) is 22.6 Å². The number of rotatable bonds is 7. The number of amides is 1. The Hall–Kier alpha value is -4.40. The van der Waals surface area contributed by atoms with Crippen molar-refractivity contribution in [1.82, 2.24) is 24.7 Å². The molecule has 3 N–H and O–H groups in total. The fourth-order valence-corrected chi connectivity index (χ4v) is 4.46. The summed E-state index contributed by atoms with van der Waals surface area (Å²) in [6, 6.07) is 12.8. The molecule has 2 aromatic carbocycles. The lowest BCUT2D eigenvalue weighted by Gasteiger charge is -2.07. The number of nitrogens with zero attached hydrogens (tertiary/aromatic N) is 4. The number of carbonyl (C=O) groups is 1. The van der Waals surface area contributed by atoms with E-state index in [2.05, 4.69) is 9.97 Å². The highest BCUT2D eigenvalue weighted by molar-refractivity contribution is 6.02. The summed E-state index contributed by atoms with van der Waals surface area (Å²) in [5.74, 6) is -1.09. The van der Waals surface area contributed by atoms with E-state index in [0.29, 0.717) is 47.0 Å². The van der Waals surface area contributed by atoms with Crippen molar-refractivity contribution in [2.45, 2.75) is 31.7 Å². The Bertz CT molecular complexity index is 1600. The van der Waals surface area contributed by atoms with Crippen molar-refractivity contribution in [3.63, 3.8) is 0 Å². The van der Waals surface area contributed by atoms with Crippen molar-refractivity contribution in [2.75, 3.05) is 0 Å². The van der Waals surface area contributed by atoms with Crippen LogP contribution in [0.25, 0.3) is 33.5 Å². The number of hydrogen-bond donors (Lipinski definition) is 2. The Labute approximate surface area is 205 Å². The highest BCUT2D eigenvalue weighted by atomic mass is 19.1. The van der Waals surface area contributed by atoms with Gasteiger partial charge < -0.3 is 10.7 Å². The molecule has 0 spiro atoms. The molecule has 0 aliphatic heterocycles. The van der Waals surface area contributed by atoms with Crippen LogP contribution in [0, 0.1) is 11.6 Å². The van der Waals surface area contributed by atoms with Gasteiger partial charge >= 0.3 is 0 Å². The smallest absolute Gasteiger partial charge is 0.248 e. The molecular formula is C27H22F2N6O. The summed E-state index contributed by atoms with van der Waals surface area (Å²) >= 11 is 0. The minimum Gasteiger partial charge on any atom is -0.366 e. The Morgan fingerprint density at radius 2 is 1.86 bits per heavy atom. The van der Waals surface area contributed by atoms with Crippen LogP contribution in [0.2, 0.25) is 0 Å². The third-order valence-electron chi connectivity index (χ3n) is 6.39. The van der Waals surface area contributed by atoms with Gasteiger partial charge in [0.2, 0.25) is 5.91 Å². The van der Waals surface area contributed by atoms with Crippen LogP contribution in [-0.4, -0.2) is 30.6 Å². The van der Waals surface area contributed by atoms with Crippen molar-refractivity contribution in [1.29, 1.82) is 0 Å². The lowest BCUT2D eigenvalue weighted by molar-refractivity contribution is 0.100. The maximum atomic E-state index is 13.7. The van der Waals surface area contributed by atoms with Gasteiger partial charge in [0.05, 0.1) is 22.9 Å². The SMILES string of the molecule is NC(=O)c1ccc2nccc(-c3nc(CCc4cc(F)cc(F)c4)[nH]c3-c3ccn(C4CC4)n3)c2c1. The van der Waals surface area contributed by atoms with E-state index < -0.39 is 17.5 Å². The normalized spacial score (nSPS) is 13.4. The van der Waals surface area contributed by atoms with Gasteiger partial charge in [0.15, 0.2) is 0 Å². The molecule has 3 heterocycles. The van der Waals surface area contributed by atoms with Crippen LogP contribution >= 0.6 is 0 Å². The average molecular weight is 485 g/mol. The molecule has 5 aromatic rings. The van der Waals surface area contributed by atoms with Crippen LogP contribution < -0.4 is 5.73 Å². The first-order chi connectivity index (χ1) is 17.4. The van der Waals surface area contributed by atoms with E-state index in [1.165, 1.54) is 12.1 Å². The fourth-order valence-electron chi connectivity index (χ4n) is 4.46. The molecule has 1 fully saturated rings. The zero-order valence-electron chi connectivity index (χ0n) is 19.2. The van der Waals surface area contributed by atoms with E-state index in [-0.39, 0.29) is 0 Å². The van der Waals surface area contributed by atoms with E-state index in [4.69, 9.17) is 15.8 Å². The molecule has 1 aliphatic carbocycles. The number of aryl methyl sites for hydroxylation is 2. The summed E-state index contributed by atoms with van der Waals surface area (Å²) in [6.07, 6.45) is 6.71. The molecule has 36 heavy (non-hydrogen) atoms. The monoisotopic (exact) mass is 484 g/mol. The number of nitrogens with one attached hydrogen (secondary N) is 1. The number of aromatic amines is 1. The summed E-state index contributed by atoms with van der Waals surface area (Å²) in [6.45, 7) is 0. The lowest BCUT2D eigenvalue weighted by Crippen LogP contribution is -2.10. The number of H-pyrrole nitrogens is 1. The molecule has 1 aliphatic rings. The van der Waals surface area contributed by atoms with Crippen LogP contribution in [0.1, 0.15) is 40.6 Å². The van der Waals surface area contributed by atoms with Crippen LogP contribution in [0.15, 0.2) is 60.9 Å². The standard InChI is InChI=1S/C27H22F2N6O/c28-17-11-15(12-18(29)14-17)1-6-24-32-25(26(33-24)23-8-10-35(34-23)19-3-4-19)20-7-9-31-22-5-2-16(27(30)36)13-21(20)22/h2,5,7-14,19H,1,3-4,6H2,(H2,30,36)(H,32,33). The number of fused-ring (bicyclic) bond motifs is 1. The van der Waals surface area contributed by atoms with Gasteiger partial charge in [-0.05, 0) is 67.3 Å². The van der Waals surface area contributed by atoms with Gasteiger partial charge in [-0.3, -0.25) is 14.5 Å². The predicted octanol–water partition coefficient (Wildman–Crippen LogP) is 4.99. The van der Waals surface area contributed by atoms with E-state index in [0.717, 1.165) is 41.2 Å². The molecule has 1 amide bonds. The second kappa shape index (κ2) is 8.67. The van der Waals surface area contributed by atoms with Gasteiger partial charge in [0.25, 0.3) is 0 Å². The number of benzene rings is 2. The predicted molar refractivity (Wildman–Crippen MR) is 131 cm³/mol. The van der Waals surface area contributed by atoms with Crippen LogP contribution in [-0.2, 0) is 12.8 Å². The van der Waals surface area contributed by atoms with Gasteiger partial charge in [0, 0.05) is 41.4 Å². The Morgan fingerprint density at radius 3 is 2.61 bits per heavy atom. The zero-order valence-corrected chi connectivity index (χ0v) is 19.2. The molecular weight excluding hydrogens is 462 g/mol. The quantitative estimate of drug-likeness (QED) is 0.340. The number of imidazole rings is 1. The highest BCUT2D eigenvalue weighted by Crippen LogP contribution is 2.37. The summed E-state index contributed by atoms with van der Waals surface area (Å²) in [5.41, 5.74) is 10.0. The van der Waals surface area contributed by atoms with Crippen molar-refractivity contribution in [2.24, 2.45) is 5.73 Å². The van der Waals surface area contributed by atoms with Gasteiger partial charge in [-0.25, -0.2) is 13.8 Å². The Kier molecular flexibility index (Phi) is 5.32. The first-order valence-electron chi connectivity index (χ1n) is 11.7. The number of primary amides is 1. The van der Waals surface area contributed by atoms with Gasteiger partial charge in [-0.1, -0.05) is 0 Å². The van der Waals surface area contributed by atoms with Gasteiger partial charge in [-0.2, -0.15) is 5.10 Å². The molecule has 0 radical (unpaired) electrons. The summed E-state index contributed by atoms with van der Waals surface area (Å²) in [4.78, 5) is 24.5. The summed E-state index contributed by atoms with van der Waals surface area (Å²) in [7, 11) is 0. The molecule has 9 heteroatoms. The Morgan fingerprint density at radius 1 is 1.06 bits per heavy atom. The van der Waals surface area contributed by atoms with Gasteiger partial charge in [0.1, 0.15) is 23.2 Å². The molecule has 0 bridgehead atoms. The van der Waals surface area contributed by atoms with E-state index in [9.17, 15) is 13.6 Å². The van der Waals surface area contributed by atoms with Crippen LogP contribution in [0.4, 0.5) is 8.78 Å². The number of halogens is 2. The third kappa shape index (κ3) is 4.24. The number of carbonyl (C=O) groups excluding carboxylic acids is 1. The molecule has 1 saturated carbocycles. The van der Waals surface area contributed by atoms with E-state index in [1.54, 1.807) is 24.4 Å². The van der Waals surface area contributed by atoms with Crippen LogP contribution in [0.3, 0.4) is 0 Å². The maximum Gasteiger partial charge on any atom is 0.248 e. The number of nitrogens with two attached hydrogens (primary N) is 1. The van der Waals surface area contributed by atoms with Crippen molar-refractivity contribution in [3.05, 3.63) is 89.5 Å². The topological polar surface area (TPSA) is 102 Å². The zero-order chi connectivity index (χ0) is 24.8. The summed E-state index contributed by atoms with van der Waals surface area (Å²) in [5, 5.41) is 5.50. The highest BCUT2D eigenvalue weighted by Gasteiger charge is 2.26. The fraction of sp³-hybridized carbons (Fsp3) is 0.185. The average Bonchev–Trinajstić information content (AvgIpc) is 3.43. The van der Waals surface area contributed by atoms with E-state index >= 15 is 0 Å². The first-order valence-corrected chi connectivity index (χ1v) is 11.7. The number of pyridine rings is 1. The summed E-state index contributed by atoms with van der Waals surface area (Å²) < 4.78 is 29.3. The van der Waals surface area contributed by atoms with Crippen LogP contribution in [0.5, 0.6) is 0 Å². The molecule has 0 unspecified atom stereocenters. The minimum atomic E-state index is -0.607. The van der Waals surface area contributed by atoms with Crippen molar-refractivity contribution >= 4 is 16.8 Å². The largest absolute Gasteiger partial charge is 0.366 e. The molecule has 180 valence electrons. The molecule has 7 nitrogen and oxygen atoms in total. The molecule has 0 atom stereocenters.